The lowest BCUT2D eigenvalue weighted by Crippen LogP contribution is -2.60. The van der Waals surface area contributed by atoms with Crippen LogP contribution in [0.2, 0.25) is 0 Å². The van der Waals surface area contributed by atoms with Gasteiger partial charge in [-0.15, -0.1) is 0 Å². The van der Waals surface area contributed by atoms with E-state index in [2.05, 4.69) is 32.6 Å². The van der Waals surface area contributed by atoms with Gasteiger partial charge in [0.15, 0.2) is 11.6 Å². The minimum Gasteiger partial charge on any atom is -0.326 e. The zero-order valence-electron chi connectivity index (χ0n) is 13.6. The molecule has 0 bridgehead atoms. The van der Waals surface area contributed by atoms with Crippen molar-refractivity contribution in [1.29, 1.82) is 0 Å². The maximum absolute atomic E-state index is 13.9. The van der Waals surface area contributed by atoms with Crippen molar-refractivity contribution in [3.8, 4) is 0 Å². The van der Waals surface area contributed by atoms with Crippen LogP contribution < -0.4 is 5.73 Å². The Bertz CT molecular complexity index is 440. The quantitative estimate of drug-likeness (QED) is 0.792. The highest BCUT2D eigenvalue weighted by atomic mass is 19.2. The topological polar surface area (TPSA) is 29.3 Å². The van der Waals surface area contributed by atoms with Crippen molar-refractivity contribution in [3.05, 3.63) is 35.4 Å². The predicted molar refractivity (Wildman–Crippen MR) is 84.3 cm³/mol. The first-order valence-electron chi connectivity index (χ1n) is 7.90. The Balaban J connectivity index is 3.06. The molecular weight excluding hydrogens is 270 g/mol. The summed E-state index contributed by atoms with van der Waals surface area (Å²) >= 11 is 0. The molecule has 2 N–H and O–H groups in total. The van der Waals surface area contributed by atoms with Crippen molar-refractivity contribution >= 4 is 0 Å². The minimum atomic E-state index is -0.805. The van der Waals surface area contributed by atoms with E-state index >= 15 is 0 Å². The van der Waals surface area contributed by atoms with E-state index in [-0.39, 0.29) is 11.6 Å². The summed E-state index contributed by atoms with van der Waals surface area (Å²) in [6.45, 7) is 10.3. The summed E-state index contributed by atoms with van der Waals surface area (Å²) in [5.74, 6) is -1.57. The Morgan fingerprint density at radius 3 is 2.14 bits per heavy atom. The SMILES string of the molecule is CCN(CC)C(CC)(CC)C(N)Cc1cccc(F)c1F. The predicted octanol–water partition coefficient (Wildman–Crippen LogP) is 3.74. The van der Waals surface area contributed by atoms with E-state index in [4.69, 9.17) is 5.73 Å². The Hall–Kier alpha value is -1.00. The van der Waals surface area contributed by atoms with Crippen LogP contribution in [-0.2, 0) is 6.42 Å². The summed E-state index contributed by atoms with van der Waals surface area (Å²) in [6.07, 6.45) is 2.13. The molecule has 0 saturated heterocycles. The van der Waals surface area contributed by atoms with Crippen molar-refractivity contribution in [2.75, 3.05) is 13.1 Å². The maximum atomic E-state index is 13.9. The second-order valence-corrected chi connectivity index (χ2v) is 5.51. The summed E-state index contributed by atoms with van der Waals surface area (Å²) in [5, 5.41) is 0. The average Bonchev–Trinajstić information content (AvgIpc) is 2.49. The van der Waals surface area contributed by atoms with Crippen molar-refractivity contribution < 1.29 is 8.78 Å². The zero-order valence-corrected chi connectivity index (χ0v) is 13.6. The van der Waals surface area contributed by atoms with E-state index in [1.54, 1.807) is 6.07 Å². The molecular formula is C17H28F2N2. The average molecular weight is 298 g/mol. The van der Waals surface area contributed by atoms with Gasteiger partial charge in [0.2, 0.25) is 0 Å². The van der Waals surface area contributed by atoms with Gasteiger partial charge in [0.1, 0.15) is 0 Å². The van der Waals surface area contributed by atoms with Crippen molar-refractivity contribution in [3.63, 3.8) is 0 Å². The molecule has 0 saturated carbocycles. The fourth-order valence-corrected chi connectivity index (χ4v) is 3.44. The van der Waals surface area contributed by atoms with E-state index < -0.39 is 11.6 Å². The first-order valence-corrected chi connectivity index (χ1v) is 7.90. The van der Waals surface area contributed by atoms with Crippen molar-refractivity contribution in [2.45, 2.75) is 58.5 Å². The van der Waals surface area contributed by atoms with Crippen LogP contribution >= 0.6 is 0 Å². The first-order chi connectivity index (χ1) is 9.96. The molecule has 1 aromatic rings. The third-order valence-corrected chi connectivity index (χ3v) is 4.78. The summed E-state index contributed by atoms with van der Waals surface area (Å²) in [4.78, 5) is 2.34. The molecule has 1 rings (SSSR count). The highest BCUT2D eigenvalue weighted by Gasteiger charge is 2.38. The van der Waals surface area contributed by atoms with E-state index in [9.17, 15) is 8.78 Å². The summed E-state index contributed by atoms with van der Waals surface area (Å²) < 4.78 is 27.2. The number of hydrogen-bond donors (Lipinski definition) is 1. The maximum Gasteiger partial charge on any atom is 0.162 e. The van der Waals surface area contributed by atoms with Gasteiger partial charge in [-0.25, -0.2) is 8.78 Å². The second kappa shape index (κ2) is 7.85. The lowest BCUT2D eigenvalue weighted by molar-refractivity contribution is 0.0625. The van der Waals surface area contributed by atoms with Gasteiger partial charge in [0, 0.05) is 11.6 Å². The monoisotopic (exact) mass is 298 g/mol. The molecule has 0 aliphatic heterocycles. The molecule has 1 atom stereocenters. The van der Waals surface area contributed by atoms with Crippen molar-refractivity contribution in [2.24, 2.45) is 5.73 Å². The Morgan fingerprint density at radius 1 is 1.10 bits per heavy atom. The number of likely N-dealkylation sites (N-methyl/N-ethyl adjacent to an activating group) is 1. The van der Waals surface area contributed by atoms with E-state index in [0.29, 0.717) is 12.0 Å². The van der Waals surface area contributed by atoms with E-state index in [0.717, 1.165) is 32.0 Å². The minimum absolute atomic E-state index is 0.178. The molecule has 0 spiro atoms. The molecule has 0 aliphatic rings. The second-order valence-electron chi connectivity index (χ2n) is 5.51. The third-order valence-electron chi connectivity index (χ3n) is 4.78. The van der Waals surface area contributed by atoms with Crippen LogP contribution in [-0.4, -0.2) is 29.6 Å². The van der Waals surface area contributed by atoms with Crippen LogP contribution in [0.4, 0.5) is 8.78 Å². The molecule has 0 amide bonds. The van der Waals surface area contributed by atoms with Gasteiger partial charge in [-0.05, 0) is 44.0 Å². The lowest BCUT2D eigenvalue weighted by Gasteiger charge is -2.46. The fourth-order valence-electron chi connectivity index (χ4n) is 3.44. The normalized spacial score (nSPS) is 13.7. The van der Waals surface area contributed by atoms with Crippen LogP contribution in [0.25, 0.3) is 0 Å². The fraction of sp³-hybridized carbons (Fsp3) is 0.647. The van der Waals surface area contributed by atoms with Gasteiger partial charge in [0.05, 0.1) is 0 Å². The molecule has 0 fully saturated rings. The van der Waals surface area contributed by atoms with E-state index in [1.165, 1.54) is 6.07 Å². The third kappa shape index (κ3) is 3.61. The number of nitrogens with zero attached hydrogens (tertiary/aromatic N) is 1. The number of nitrogens with two attached hydrogens (primary N) is 1. The number of benzene rings is 1. The number of rotatable bonds is 8. The number of hydrogen-bond acceptors (Lipinski definition) is 2. The molecule has 1 aromatic carbocycles. The molecule has 120 valence electrons. The molecule has 0 aliphatic carbocycles. The largest absolute Gasteiger partial charge is 0.326 e. The van der Waals surface area contributed by atoms with Gasteiger partial charge in [0.25, 0.3) is 0 Å². The highest BCUT2D eigenvalue weighted by Crippen LogP contribution is 2.29. The van der Waals surface area contributed by atoms with Gasteiger partial charge >= 0.3 is 0 Å². The Morgan fingerprint density at radius 2 is 1.67 bits per heavy atom. The standard InChI is InChI=1S/C17H28F2N2/c1-5-17(6-2,21(7-3)8-4)15(20)12-13-10-9-11-14(18)16(13)19/h9-11,15H,5-8,12,20H2,1-4H3. The zero-order chi connectivity index (χ0) is 16.0. The van der Waals surface area contributed by atoms with Crippen LogP contribution in [0.3, 0.4) is 0 Å². The number of halogens is 2. The van der Waals surface area contributed by atoms with Crippen LogP contribution in [0, 0.1) is 11.6 Å². The molecule has 2 nitrogen and oxygen atoms in total. The van der Waals surface area contributed by atoms with Crippen LogP contribution in [0.15, 0.2) is 18.2 Å². The van der Waals surface area contributed by atoms with Gasteiger partial charge in [-0.2, -0.15) is 0 Å². The van der Waals surface area contributed by atoms with Gasteiger partial charge in [-0.3, -0.25) is 4.90 Å². The first kappa shape index (κ1) is 18.1. The lowest BCUT2D eigenvalue weighted by atomic mass is 9.80. The smallest absolute Gasteiger partial charge is 0.162 e. The Labute approximate surface area is 127 Å². The molecule has 0 radical (unpaired) electrons. The van der Waals surface area contributed by atoms with Crippen molar-refractivity contribution in [1.82, 2.24) is 4.90 Å². The molecule has 4 heteroatoms. The molecule has 0 heterocycles. The molecule has 21 heavy (non-hydrogen) atoms. The highest BCUT2D eigenvalue weighted by molar-refractivity contribution is 5.21. The van der Waals surface area contributed by atoms with Gasteiger partial charge < -0.3 is 5.73 Å². The summed E-state index contributed by atoms with van der Waals surface area (Å²) in [5.41, 5.74) is 6.63. The molecule has 1 unspecified atom stereocenters. The van der Waals surface area contributed by atoms with E-state index in [1.807, 2.05) is 0 Å². The molecule has 0 aromatic heterocycles. The summed E-state index contributed by atoms with van der Waals surface area (Å²) in [7, 11) is 0. The van der Waals surface area contributed by atoms with Crippen LogP contribution in [0.1, 0.15) is 46.1 Å². The van der Waals surface area contributed by atoms with Crippen LogP contribution in [0.5, 0.6) is 0 Å². The Kier molecular flexibility index (Phi) is 6.75. The van der Waals surface area contributed by atoms with Gasteiger partial charge in [-0.1, -0.05) is 39.8 Å². The summed E-state index contributed by atoms with van der Waals surface area (Å²) in [6, 6.07) is 4.07.